The van der Waals surface area contributed by atoms with Crippen LogP contribution in [0.4, 0.5) is 22.0 Å². The lowest BCUT2D eigenvalue weighted by molar-refractivity contribution is -0.149. The Hall–Kier alpha value is -3.63. The van der Waals surface area contributed by atoms with Gasteiger partial charge in [-0.15, -0.1) is 0 Å². The van der Waals surface area contributed by atoms with Gasteiger partial charge in [-0.3, -0.25) is 24.5 Å². The Morgan fingerprint density at radius 2 is 1.61 bits per heavy atom. The van der Waals surface area contributed by atoms with E-state index in [0.29, 0.717) is 37.6 Å². The number of nitrogens with one attached hydrogen (secondary N) is 1. The third-order valence-electron chi connectivity index (χ3n) is 6.01. The van der Waals surface area contributed by atoms with Crippen molar-refractivity contribution >= 4 is 23.5 Å². The van der Waals surface area contributed by atoms with Gasteiger partial charge < -0.3 is 4.90 Å². The zero-order valence-electron chi connectivity index (χ0n) is 21.4. The predicted molar refractivity (Wildman–Crippen MR) is 129 cm³/mol. The number of fused-ring (bicyclic) bond motifs is 1. The van der Waals surface area contributed by atoms with E-state index in [0.717, 1.165) is 24.1 Å². The minimum atomic E-state index is -4.91. The smallest absolute Gasteiger partial charge is 0.322 e. The lowest BCUT2D eigenvalue weighted by Crippen LogP contribution is -2.52. The van der Waals surface area contributed by atoms with Crippen LogP contribution in [0, 0.1) is 0 Å². The molecule has 0 saturated carbocycles. The zero-order valence-corrected chi connectivity index (χ0v) is 21.4. The number of benzene rings is 2. The van der Waals surface area contributed by atoms with Crippen molar-refractivity contribution in [3.63, 3.8) is 0 Å². The van der Waals surface area contributed by atoms with Gasteiger partial charge in [0.05, 0.1) is 5.56 Å². The van der Waals surface area contributed by atoms with Gasteiger partial charge in [0.2, 0.25) is 17.6 Å². The molecule has 1 N–H and O–H groups in total. The number of halogens is 5. The number of Topliss-reactive ketones (excluding diaryl/α,β-unsaturated/α-hetero) is 1. The van der Waals surface area contributed by atoms with Crippen molar-refractivity contribution in [3.05, 3.63) is 70.3 Å². The van der Waals surface area contributed by atoms with Gasteiger partial charge in [-0.1, -0.05) is 51.1 Å². The van der Waals surface area contributed by atoms with Gasteiger partial charge in [0.15, 0.2) is 0 Å². The molecule has 0 aliphatic carbocycles. The van der Waals surface area contributed by atoms with E-state index in [4.69, 9.17) is 0 Å². The van der Waals surface area contributed by atoms with Gasteiger partial charge in [-0.25, -0.2) is 0 Å². The molecule has 0 spiro atoms. The molecule has 2 aromatic carbocycles. The Kier molecular flexibility index (Phi) is 9.88. The number of piperidine rings is 1. The maximum Gasteiger partial charge on any atom is 0.416 e. The highest BCUT2D eigenvalue weighted by atomic mass is 19.4. The maximum absolute atomic E-state index is 13.2. The van der Waals surface area contributed by atoms with Crippen molar-refractivity contribution in [1.82, 2.24) is 10.2 Å². The monoisotopic (exact) mass is 540 g/mol. The van der Waals surface area contributed by atoms with Gasteiger partial charge in [-0.2, -0.15) is 22.0 Å². The summed E-state index contributed by atoms with van der Waals surface area (Å²) in [7, 11) is 0. The Morgan fingerprint density at radius 3 is 2.13 bits per heavy atom. The van der Waals surface area contributed by atoms with E-state index in [-0.39, 0.29) is 24.1 Å². The SMILES string of the molecule is CC.CC(=O)C(F)(F)c1ccccc1C(F)(F)F.CCc1ccc2c(c1)CN(C1CCC(=O)NC1=O)C2=O. The second-order valence-electron chi connectivity index (χ2n) is 8.42. The fraction of sp³-hybridized carbons (Fsp3) is 0.407. The number of nitrogens with zero attached hydrogens (tertiary/aromatic N) is 1. The molecule has 11 heteroatoms. The Labute approximate surface area is 217 Å². The molecule has 3 amide bonds. The van der Waals surface area contributed by atoms with E-state index in [9.17, 15) is 41.1 Å². The average molecular weight is 541 g/mol. The summed E-state index contributed by atoms with van der Waals surface area (Å²) in [6, 6.07) is 8.42. The first-order chi connectivity index (χ1) is 17.8. The van der Waals surface area contributed by atoms with E-state index in [2.05, 4.69) is 12.2 Å². The molecular formula is C27H29F5N2O4. The molecule has 2 aliphatic rings. The molecule has 1 unspecified atom stereocenters. The molecule has 1 saturated heterocycles. The minimum absolute atomic E-state index is 0.114. The Balaban J connectivity index is 0.000000257. The summed E-state index contributed by atoms with van der Waals surface area (Å²) in [5, 5.41) is 2.30. The second kappa shape index (κ2) is 12.3. The number of hydrogen-bond acceptors (Lipinski definition) is 4. The van der Waals surface area contributed by atoms with Crippen molar-refractivity contribution in [3.8, 4) is 0 Å². The quantitative estimate of drug-likeness (QED) is 0.415. The fourth-order valence-corrected chi connectivity index (χ4v) is 4.04. The molecule has 0 radical (unpaired) electrons. The largest absolute Gasteiger partial charge is 0.416 e. The molecule has 1 fully saturated rings. The lowest BCUT2D eigenvalue weighted by Gasteiger charge is -2.29. The molecule has 38 heavy (non-hydrogen) atoms. The standard InChI is InChI=1S/C15H16N2O3.C10H7F5O.C2H6/c1-2-9-3-4-11-10(7-9)8-17(15(11)20)12-5-6-13(18)16-14(12)19;1-6(16)9(11,12)7-4-2-3-5-8(7)10(13,14)15;1-2/h3-4,7,12H,2,5-6,8H2,1H3,(H,16,18,19);2-5H,1H3;1-2H3. The third kappa shape index (κ3) is 6.62. The molecule has 0 bridgehead atoms. The number of carbonyl (C=O) groups excluding carboxylic acids is 4. The number of carbonyl (C=O) groups is 4. The maximum atomic E-state index is 13.2. The van der Waals surface area contributed by atoms with Crippen LogP contribution < -0.4 is 5.32 Å². The van der Waals surface area contributed by atoms with Crippen molar-refractivity contribution in [2.45, 2.75) is 71.6 Å². The fourth-order valence-electron chi connectivity index (χ4n) is 4.04. The summed E-state index contributed by atoms with van der Waals surface area (Å²) >= 11 is 0. The van der Waals surface area contributed by atoms with Gasteiger partial charge in [-0.05, 0) is 36.1 Å². The molecule has 1 atom stereocenters. The summed E-state index contributed by atoms with van der Waals surface area (Å²) in [6.07, 6.45) is -3.29. The highest BCUT2D eigenvalue weighted by molar-refractivity contribution is 6.05. The van der Waals surface area contributed by atoms with Crippen molar-refractivity contribution in [2.75, 3.05) is 0 Å². The van der Waals surface area contributed by atoms with Crippen LogP contribution in [0.5, 0.6) is 0 Å². The third-order valence-corrected chi connectivity index (χ3v) is 6.01. The summed E-state index contributed by atoms with van der Waals surface area (Å²) < 4.78 is 63.6. The Morgan fingerprint density at radius 1 is 1.00 bits per heavy atom. The van der Waals surface area contributed by atoms with Crippen LogP contribution in [0.15, 0.2) is 42.5 Å². The van der Waals surface area contributed by atoms with Gasteiger partial charge >= 0.3 is 12.1 Å². The number of amides is 3. The first-order valence-corrected chi connectivity index (χ1v) is 12.1. The predicted octanol–water partition coefficient (Wildman–Crippen LogP) is 5.42. The number of imide groups is 1. The first kappa shape index (κ1) is 30.6. The second-order valence-corrected chi connectivity index (χ2v) is 8.42. The molecule has 2 aromatic rings. The average Bonchev–Trinajstić information content (AvgIpc) is 3.20. The van der Waals surface area contributed by atoms with Crippen LogP contribution in [0.1, 0.15) is 73.1 Å². The van der Waals surface area contributed by atoms with Crippen molar-refractivity contribution in [2.24, 2.45) is 0 Å². The van der Waals surface area contributed by atoms with Gasteiger partial charge in [0, 0.05) is 31.0 Å². The summed E-state index contributed by atoms with van der Waals surface area (Å²) in [5.74, 6) is -6.48. The number of ketones is 1. The van der Waals surface area contributed by atoms with E-state index in [1.807, 2.05) is 32.0 Å². The summed E-state index contributed by atoms with van der Waals surface area (Å²) in [4.78, 5) is 47.7. The van der Waals surface area contributed by atoms with Crippen molar-refractivity contribution in [1.29, 1.82) is 0 Å². The molecule has 6 nitrogen and oxygen atoms in total. The first-order valence-electron chi connectivity index (χ1n) is 12.1. The minimum Gasteiger partial charge on any atom is -0.322 e. The number of alkyl halides is 5. The van der Waals surface area contributed by atoms with Crippen LogP contribution >= 0.6 is 0 Å². The Bertz CT molecular complexity index is 1210. The molecule has 0 aromatic heterocycles. The van der Waals surface area contributed by atoms with Crippen molar-refractivity contribution < 1.29 is 41.1 Å². The number of hydrogen-bond donors (Lipinski definition) is 1. The van der Waals surface area contributed by atoms with E-state index in [1.54, 1.807) is 4.90 Å². The van der Waals surface area contributed by atoms with Gasteiger partial charge in [0.25, 0.3) is 5.91 Å². The summed E-state index contributed by atoms with van der Waals surface area (Å²) in [5.41, 5.74) is 0.0258. The van der Waals surface area contributed by atoms with Crippen LogP contribution in [0.2, 0.25) is 0 Å². The molecule has 206 valence electrons. The molecule has 4 rings (SSSR count). The highest BCUT2D eigenvalue weighted by Crippen LogP contribution is 2.39. The van der Waals surface area contributed by atoms with Crippen LogP contribution in [0.25, 0.3) is 0 Å². The van der Waals surface area contributed by atoms with Crippen LogP contribution in [-0.2, 0) is 39.4 Å². The van der Waals surface area contributed by atoms with Crippen LogP contribution in [-0.4, -0.2) is 34.4 Å². The summed E-state index contributed by atoms with van der Waals surface area (Å²) in [6.45, 7) is 7.07. The van der Waals surface area contributed by atoms with E-state index < -0.39 is 35.1 Å². The molecule has 2 heterocycles. The number of aryl methyl sites for hydroxylation is 1. The number of rotatable bonds is 4. The molecule has 2 aliphatic heterocycles. The zero-order chi connectivity index (χ0) is 28.8. The van der Waals surface area contributed by atoms with Crippen LogP contribution in [0.3, 0.4) is 0 Å². The van der Waals surface area contributed by atoms with E-state index >= 15 is 0 Å². The molecular weight excluding hydrogens is 511 g/mol. The topological polar surface area (TPSA) is 83.6 Å². The highest BCUT2D eigenvalue weighted by Gasteiger charge is 2.45. The van der Waals surface area contributed by atoms with Gasteiger partial charge in [0.1, 0.15) is 6.04 Å². The normalized spacial score (nSPS) is 17.0. The lowest BCUT2D eigenvalue weighted by atomic mass is 9.99. The van der Waals surface area contributed by atoms with E-state index in [1.165, 1.54) is 5.56 Å².